The van der Waals surface area contributed by atoms with Gasteiger partial charge in [-0.05, 0) is 11.4 Å². The van der Waals surface area contributed by atoms with E-state index in [4.69, 9.17) is 5.11 Å². The smallest absolute Gasteiger partial charge is 0.329 e. The summed E-state index contributed by atoms with van der Waals surface area (Å²) < 4.78 is 4.56. The lowest BCUT2D eigenvalue weighted by Gasteiger charge is -2.16. The van der Waals surface area contributed by atoms with Crippen LogP contribution >= 0.6 is 11.3 Å². The Kier molecular flexibility index (Phi) is 5.97. The lowest BCUT2D eigenvalue weighted by atomic mass is 10.4. The van der Waals surface area contributed by atoms with Gasteiger partial charge in [-0.3, -0.25) is 10.1 Å². The van der Waals surface area contributed by atoms with E-state index in [-0.39, 0.29) is 0 Å². The fraction of sp³-hybridized carbons (Fsp3) is 0.364. The van der Waals surface area contributed by atoms with Crippen molar-refractivity contribution in [2.24, 2.45) is 0 Å². The highest BCUT2D eigenvalue weighted by Gasteiger charge is 2.13. The number of carbonyl (C=O) groups excluding carboxylic acids is 2. The summed E-state index contributed by atoms with van der Waals surface area (Å²) in [5.74, 6) is -1.85. The minimum absolute atomic E-state index is 0.396. The molecule has 0 fully saturated rings. The van der Waals surface area contributed by atoms with E-state index in [9.17, 15) is 14.4 Å². The van der Waals surface area contributed by atoms with Crippen molar-refractivity contribution in [3.05, 3.63) is 22.4 Å². The first kappa shape index (κ1) is 15.1. The molecule has 1 aromatic heterocycles. The highest BCUT2D eigenvalue weighted by molar-refractivity contribution is 7.09. The van der Waals surface area contributed by atoms with Crippen LogP contribution in [0.2, 0.25) is 0 Å². The second-order valence-electron chi connectivity index (χ2n) is 3.68. The summed E-state index contributed by atoms with van der Waals surface area (Å²) in [6.07, 6.45) is 0. The molecule has 7 nitrogen and oxygen atoms in total. The fourth-order valence-corrected chi connectivity index (χ4v) is 1.95. The van der Waals surface area contributed by atoms with Crippen LogP contribution < -0.4 is 5.32 Å². The molecule has 0 atom stereocenters. The molecular formula is C11H14N2O5S. The summed E-state index contributed by atoms with van der Waals surface area (Å²) in [5.41, 5.74) is 0. The zero-order valence-corrected chi connectivity index (χ0v) is 11.1. The van der Waals surface area contributed by atoms with Gasteiger partial charge < -0.3 is 14.7 Å². The van der Waals surface area contributed by atoms with Crippen molar-refractivity contribution in [3.63, 3.8) is 0 Å². The van der Waals surface area contributed by atoms with Crippen LogP contribution in [0.3, 0.4) is 0 Å². The van der Waals surface area contributed by atoms with Crippen LogP contribution in [0, 0.1) is 0 Å². The molecule has 0 aromatic carbocycles. The first-order valence-corrected chi connectivity index (χ1v) is 6.24. The molecular weight excluding hydrogens is 272 g/mol. The molecule has 8 heteroatoms. The van der Waals surface area contributed by atoms with E-state index in [1.165, 1.54) is 16.2 Å². The van der Waals surface area contributed by atoms with Crippen LogP contribution in [-0.2, 0) is 20.9 Å². The van der Waals surface area contributed by atoms with Crippen molar-refractivity contribution < 1.29 is 24.2 Å². The molecule has 0 aliphatic carbocycles. The topological polar surface area (TPSA) is 95.9 Å². The highest BCUT2D eigenvalue weighted by atomic mass is 32.1. The number of imide groups is 1. The summed E-state index contributed by atoms with van der Waals surface area (Å²) in [6.45, 7) is -0.649. The second-order valence-corrected chi connectivity index (χ2v) is 4.71. The third-order valence-electron chi connectivity index (χ3n) is 2.02. The summed E-state index contributed by atoms with van der Waals surface area (Å²) in [7, 11) is 1.56. The average molecular weight is 286 g/mol. The van der Waals surface area contributed by atoms with Crippen LogP contribution in [0.1, 0.15) is 4.88 Å². The Morgan fingerprint density at radius 1 is 1.42 bits per heavy atom. The van der Waals surface area contributed by atoms with E-state index in [0.29, 0.717) is 6.54 Å². The number of urea groups is 1. The summed E-state index contributed by atoms with van der Waals surface area (Å²) in [4.78, 5) is 35.4. The van der Waals surface area contributed by atoms with Crippen LogP contribution in [0.5, 0.6) is 0 Å². The van der Waals surface area contributed by atoms with Gasteiger partial charge in [0.15, 0.2) is 0 Å². The van der Waals surface area contributed by atoms with Gasteiger partial charge in [-0.2, -0.15) is 0 Å². The van der Waals surface area contributed by atoms with Gasteiger partial charge in [-0.25, -0.2) is 9.59 Å². The number of hydrogen-bond donors (Lipinski definition) is 2. The molecule has 0 unspecified atom stereocenters. The fourth-order valence-electron chi connectivity index (χ4n) is 1.19. The molecule has 0 aliphatic rings. The van der Waals surface area contributed by atoms with Crippen molar-refractivity contribution in [2.45, 2.75) is 6.54 Å². The van der Waals surface area contributed by atoms with Gasteiger partial charge in [0.2, 0.25) is 0 Å². The average Bonchev–Trinajstić information content (AvgIpc) is 2.81. The van der Waals surface area contributed by atoms with E-state index in [1.54, 1.807) is 7.05 Å². The number of rotatable bonds is 6. The number of carbonyl (C=O) groups is 3. The Morgan fingerprint density at radius 2 is 2.16 bits per heavy atom. The third-order valence-corrected chi connectivity index (χ3v) is 2.89. The monoisotopic (exact) mass is 286 g/mol. The Hall–Kier alpha value is -1.93. The standard InChI is InChI=1S/C11H14N2O5S/c1-13(5-8-3-2-4-19-8)11(17)12-9(14)6-18-7-10(15)16/h2-4H,5-7H2,1H3,(H,15,16)(H,12,14,17). The predicted octanol–water partition coefficient (Wildman–Crippen LogP) is 0.517. The van der Waals surface area contributed by atoms with Gasteiger partial charge in [-0.1, -0.05) is 6.07 Å². The lowest BCUT2D eigenvalue weighted by Crippen LogP contribution is -2.42. The van der Waals surface area contributed by atoms with E-state index < -0.39 is 31.1 Å². The van der Waals surface area contributed by atoms with Gasteiger partial charge >= 0.3 is 12.0 Å². The van der Waals surface area contributed by atoms with Crippen LogP contribution in [0.15, 0.2) is 17.5 Å². The highest BCUT2D eigenvalue weighted by Crippen LogP contribution is 2.10. The van der Waals surface area contributed by atoms with Gasteiger partial charge in [0.1, 0.15) is 13.2 Å². The molecule has 1 aromatic rings. The van der Waals surface area contributed by atoms with Crippen molar-refractivity contribution in [1.82, 2.24) is 10.2 Å². The predicted molar refractivity (Wildman–Crippen MR) is 67.8 cm³/mol. The zero-order chi connectivity index (χ0) is 14.3. The molecule has 2 N–H and O–H groups in total. The van der Waals surface area contributed by atoms with Crippen molar-refractivity contribution >= 4 is 29.2 Å². The Labute approximate surface area is 113 Å². The maximum Gasteiger partial charge on any atom is 0.329 e. The SMILES string of the molecule is CN(Cc1cccs1)C(=O)NC(=O)COCC(=O)O. The van der Waals surface area contributed by atoms with E-state index in [1.807, 2.05) is 17.5 Å². The maximum atomic E-state index is 11.6. The number of carboxylic acids is 1. The largest absolute Gasteiger partial charge is 0.480 e. The molecule has 0 spiro atoms. The Bertz CT molecular complexity index is 446. The van der Waals surface area contributed by atoms with E-state index >= 15 is 0 Å². The molecule has 0 bridgehead atoms. The number of thiophene rings is 1. The third kappa shape index (κ3) is 5.98. The number of ether oxygens (including phenoxy) is 1. The summed E-state index contributed by atoms with van der Waals surface area (Å²) in [5, 5.41) is 12.3. The molecule has 0 radical (unpaired) electrons. The molecule has 1 heterocycles. The first-order valence-electron chi connectivity index (χ1n) is 5.36. The van der Waals surface area contributed by atoms with E-state index in [0.717, 1.165) is 4.88 Å². The van der Waals surface area contributed by atoms with Gasteiger partial charge in [-0.15, -0.1) is 11.3 Å². The minimum Gasteiger partial charge on any atom is -0.480 e. The molecule has 0 saturated carbocycles. The van der Waals surface area contributed by atoms with Crippen LogP contribution in [0.4, 0.5) is 4.79 Å². The number of nitrogens with one attached hydrogen (secondary N) is 1. The van der Waals surface area contributed by atoms with Crippen LogP contribution in [0.25, 0.3) is 0 Å². The molecule has 19 heavy (non-hydrogen) atoms. The molecule has 1 rings (SSSR count). The van der Waals surface area contributed by atoms with Crippen LogP contribution in [-0.4, -0.2) is 48.2 Å². The van der Waals surface area contributed by atoms with Gasteiger partial charge in [0.05, 0.1) is 6.54 Å². The van der Waals surface area contributed by atoms with Crippen molar-refractivity contribution in [2.75, 3.05) is 20.3 Å². The van der Waals surface area contributed by atoms with E-state index in [2.05, 4.69) is 10.1 Å². The van der Waals surface area contributed by atoms with Crippen molar-refractivity contribution in [3.8, 4) is 0 Å². The van der Waals surface area contributed by atoms with Gasteiger partial charge in [0, 0.05) is 11.9 Å². The zero-order valence-electron chi connectivity index (χ0n) is 10.3. The number of amides is 3. The number of nitrogens with zero attached hydrogens (tertiary/aromatic N) is 1. The normalized spacial score (nSPS) is 9.95. The summed E-state index contributed by atoms with van der Waals surface area (Å²) in [6, 6.07) is 3.19. The molecule has 0 aliphatic heterocycles. The summed E-state index contributed by atoms with van der Waals surface area (Å²) >= 11 is 1.51. The second kappa shape index (κ2) is 7.49. The number of hydrogen-bond acceptors (Lipinski definition) is 5. The van der Waals surface area contributed by atoms with Gasteiger partial charge in [0.25, 0.3) is 5.91 Å². The first-order chi connectivity index (χ1) is 8.99. The lowest BCUT2D eigenvalue weighted by molar-refractivity contribution is -0.143. The molecule has 0 saturated heterocycles. The number of carboxylic acid groups (broad SMARTS) is 1. The minimum atomic E-state index is -1.17. The quantitative estimate of drug-likeness (QED) is 0.794. The maximum absolute atomic E-state index is 11.6. The molecule has 3 amide bonds. The Balaban J connectivity index is 2.29. The number of aliphatic carboxylic acids is 1. The Morgan fingerprint density at radius 3 is 2.74 bits per heavy atom. The van der Waals surface area contributed by atoms with Crippen molar-refractivity contribution in [1.29, 1.82) is 0 Å². The molecule has 104 valence electrons.